The van der Waals surface area contributed by atoms with Crippen molar-refractivity contribution in [2.75, 3.05) is 26.3 Å². The molecule has 20 heavy (non-hydrogen) atoms. The van der Waals surface area contributed by atoms with E-state index < -0.39 is 12.8 Å². The van der Waals surface area contributed by atoms with Gasteiger partial charge in [-0.1, -0.05) is 35.0 Å². The Kier molecular flexibility index (Phi) is 7.55. The molecule has 1 aromatic rings. The molecule has 0 heterocycles. The van der Waals surface area contributed by atoms with Crippen molar-refractivity contribution in [2.45, 2.75) is 25.4 Å². The Morgan fingerprint density at radius 2 is 2.10 bits per heavy atom. The van der Waals surface area contributed by atoms with Crippen molar-refractivity contribution in [3.05, 3.63) is 34.3 Å². The molecule has 1 atom stereocenters. The fourth-order valence-electron chi connectivity index (χ4n) is 1.80. The maximum Gasteiger partial charge on any atom is 0.411 e. The van der Waals surface area contributed by atoms with E-state index in [1.54, 1.807) is 0 Å². The van der Waals surface area contributed by atoms with Gasteiger partial charge in [0.15, 0.2) is 0 Å². The molecule has 0 saturated carbocycles. The second kappa shape index (κ2) is 8.64. The van der Waals surface area contributed by atoms with Crippen LogP contribution in [-0.4, -0.2) is 32.5 Å². The highest BCUT2D eigenvalue weighted by molar-refractivity contribution is 9.10. The lowest BCUT2D eigenvalue weighted by Gasteiger charge is -2.19. The molecule has 0 bridgehead atoms. The number of alkyl halides is 3. The molecule has 1 unspecified atom stereocenters. The highest BCUT2D eigenvalue weighted by Crippen LogP contribution is 2.21. The number of halogens is 4. The summed E-state index contributed by atoms with van der Waals surface area (Å²) in [6, 6.07) is 7.57. The molecule has 0 fully saturated rings. The van der Waals surface area contributed by atoms with Crippen LogP contribution in [-0.2, 0) is 4.74 Å². The third kappa shape index (κ3) is 7.26. The van der Waals surface area contributed by atoms with Crippen LogP contribution in [0.2, 0.25) is 0 Å². The molecule has 0 amide bonds. The summed E-state index contributed by atoms with van der Waals surface area (Å²) in [5, 5.41) is 3.22. The normalized spacial score (nSPS) is 13.4. The van der Waals surface area contributed by atoms with E-state index >= 15 is 0 Å². The summed E-state index contributed by atoms with van der Waals surface area (Å²) in [4.78, 5) is 0. The largest absolute Gasteiger partial charge is 0.411 e. The first-order chi connectivity index (χ1) is 9.42. The molecule has 0 aromatic heterocycles. The number of rotatable bonds is 8. The van der Waals surface area contributed by atoms with Crippen LogP contribution in [0.5, 0.6) is 0 Å². The van der Waals surface area contributed by atoms with E-state index in [2.05, 4.69) is 21.2 Å². The molecule has 0 radical (unpaired) electrons. The number of benzene rings is 1. The van der Waals surface area contributed by atoms with E-state index in [9.17, 15) is 13.2 Å². The van der Waals surface area contributed by atoms with Crippen molar-refractivity contribution >= 4 is 15.9 Å². The minimum absolute atomic E-state index is 0.0483. The molecule has 1 aromatic carbocycles. The average Bonchev–Trinajstić information content (AvgIpc) is 2.36. The third-order valence-electron chi connectivity index (χ3n) is 2.72. The predicted molar refractivity (Wildman–Crippen MR) is 76.9 cm³/mol. The Morgan fingerprint density at radius 1 is 1.35 bits per heavy atom. The van der Waals surface area contributed by atoms with Gasteiger partial charge in [0, 0.05) is 16.9 Å². The van der Waals surface area contributed by atoms with E-state index in [0.717, 1.165) is 23.0 Å². The zero-order chi connectivity index (χ0) is 15.0. The second-order valence-electron chi connectivity index (χ2n) is 4.59. The molecule has 0 aliphatic rings. The molecule has 0 saturated heterocycles. The van der Waals surface area contributed by atoms with Crippen LogP contribution in [0.4, 0.5) is 13.2 Å². The Labute approximate surface area is 125 Å². The smallest absolute Gasteiger partial charge is 0.371 e. The minimum Gasteiger partial charge on any atom is -0.371 e. The van der Waals surface area contributed by atoms with Gasteiger partial charge in [0.25, 0.3) is 0 Å². The average molecular weight is 354 g/mol. The van der Waals surface area contributed by atoms with Gasteiger partial charge in [0.05, 0.1) is 6.61 Å². The zero-order valence-electron chi connectivity index (χ0n) is 11.3. The molecule has 1 N–H and O–H groups in total. The van der Waals surface area contributed by atoms with Gasteiger partial charge >= 0.3 is 6.18 Å². The predicted octanol–water partition coefficient (Wildman–Crippen LogP) is 4.11. The molecular formula is C14H19BrF3NO. The standard InChI is InChI=1S/C14H19BrF3NO/c1-2-6-19-8-12(9-20-10-14(16,17)18)11-4-3-5-13(15)7-11/h3-5,7,12,19H,2,6,8-10H2,1H3. The summed E-state index contributed by atoms with van der Waals surface area (Å²) >= 11 is 3.37. The van der Waals surface area contributed by atoms with Crippen LogP contribution >= 0.6 is 15.9 Å². The van der Waals surface area contributed by atoms with Gasteiger partial charge < -0.3 is 10.1 Å². The van der Waals surface area contributed by atoms with Gasteiger partial charge in [0.2, 0.25) is 0 Å². The van der Waals surface area contributed by atoms with Crippen LogP contribution < -0.4 is 5.32 Å². The summed E-state index contributed by atoms with van der Waals surface area (Å²) in [5.74, 6) is -0.0959. The molecule has 0 spiro atoms. The molecule has 2 nitrogen and oxygen atoms in total. The summed E-state index contributed by atoms with van der Waals surface area (Å²) < 4.78 is 42.1. The van der Waals surface area contributed by atoms with Crippen molar-refractivity contribution in [3.8, 4) is 0 Å². The Balaban J connectivity index is 2.60. The van der Waals surface area contributed by atoms with E-state index in [1.807, 2.05) is 31.2 Å². The monoisotopic (exact) mass is 353 g/mol. The first-order valence-corrected chi connectivity index (χ1v) is 7.32. The van der Waals surface area contributed by atoms with Gasteiger partial charge in [-0.05, 0) is 30.7 Å². The maximum absolute atomic E-state index is 12.1. The first kappa shape index (κ1) is 17.5. The van der Waals surface area contributed by atoms with Gasteiger partial charge in [0.1, 0.15) is 6.61 Å². The van der Waals surface area contributed by atoms with E-state index in [0.29, 0.717) is 6.54 Å². The van der Waals surface area contributed by atoms with E-state index in [1.165, 1.54) is 0 Å². The maximum atomic E-state index is 12.1. The summed E-state index contributed by atoms with van der Waals surface area (Å²) in [6.07, 6.45) is -3.30. The van der Waals surface area contributed by atoms with Gasteiger partial charge in [-0.3, -0.25) is 0 Å². The van der Waals surface area contributed by atoms with Crippen LogP contribution in [0.1, 0.15) is 24.8 Å². The fraction of sp³-hybridized carbons (Fsp3) is 0.571. The van der Waals surface area contributed by atoms with Crippen molar-refractivity contribution in [2.24, 2.45) is 0 Å². The van der Waals surface area contributed by atoms with Crippen LogP contribution in [0.15, 0.2) is 28.7 Å². The highest BCUT2D eigenvalue weighted by atomic mass is 79.9. The lowest BCUT2D eigenvalue weighted by atomic mass is 10.00. The molecule has 1 rings (SSSR count). The van der Waals surface area contributed by atoms with Crippen LogP contribution in [0.3, 0.4) is 0 Å². The van der Waals surface area contributed by atoms with E-state index in [-0.39, 0.29) is 12.5 Å². The number of hydrogen-bond acceptors (Lipinski definition) is 2. The molecular weight excluding hydrogens is 335 g/mol. The topological polar surface area (TPSA) is 21.3 Å². The second-order valence-corrected chi connectivity index (χ2v) is 5.50. The molecule has 0 aliphatic heterocycles. The first-order valence-electron chi connectivity index (χ1n) is 6.53. The third-order valence-corrected chi connectivity index (χ3v) is 3.22. The molecule has 114 valence electrons. The quantitative estimate of drug-likeness (QED) is 0.710. The Hall–Kier alpha value is -0.590. The summed E-state index contributed by atoms with van der Waals surface area (Å²) in [5.41, 5.74) is 0.963. The van der Waals surface area contributed by atoms with E-state index in [4.69, 9.17) is 4.74 Å². The molecule has 0 aliphatic carbocycles. The Morgan fingerprint density at radius 3 is 2.70 bits per heavy atom. The van der Waals surface area contributed by atoms with Gasteiger partial charge in [-0.2, -0.15) is 13.2 Å². The molecule has 6 heteroatoms. The highest BCUT2D eigenvalue weighted by Gasteiger charge is 2.28. The van der Waals surface area contributed by atoms with Crippen molar-refractivity contribution in [1.82, 2.24) is 5.32 Å². The van der Waals surface area contributed by atoms with Gasteiger partial charge in [-0.25, -0.2) is 0 Å². The van der Waals surface area contributed by atoms with Crippen molar-refractivity contribution < 1.29 is 17.9 Å². The van der Waals surface area contributed by atoms with Crippen LogP contribution in [0, 0.1) is 0 Å². The lowest BCUT2D eigenvalue weighted by Crippen LogP contribution is -2.27. The lowest BCUT2D eigenvalue weighted by molar-refractivity contribution is -0.174. The van der Waals surface area contributed by atoms with Crippen molar-refractivity contribution in [3.63, 3.8) is 0 Å². The minimum atomic E-state index is -4.28. The van der Waals surface area contributed by atoms with Crippen LogP contribution in [0.25, 0.3) is 0 Å². The summed E-state index contributed by atoms with van der Waals surface area (Å²) in [6.45, 7) is 2.32. The SMILES string of the molecule is CCCNCC(COCC(F)(F)F)c1cccc(Br)c1. The number of ether oxygens (including phenoxy) is 1. The summed E-state index contributed by atoms with van der Waals surface area (Å²) in [7, 11) is 0. The number of hydrogen-bond donors (Lipinski definition) is 1. The number of nitrogens with one attached hydrogen (secondary N) is 1. The fourth-order valence-corrected chi connectivity index (χ4v) is 2.22. The zero-order valence-corrected chi connectivity index (χ0v) is 12.9. The van der Waals surface area contributed by atoms with Crippen molar-refractivity contribution in [1.29, 1.82) is 0 Å². The Bertz CT molecular complexity index is 398. The van der Waals surface area contributed by atoms with Gasteiger partial charge in [-0.15, -0.1) is 0 Å².